The molecule has 0 aromatic carbocycles. The van der Waals surface area contributed by atoms with Gasteiger partial charge in [0.1, 0.15) is 0 Å². The van der Waals surface area contributed by atoms with Gasteiger partial charge in [0, 0.05) is 12.6 Å². The van der Waals surface area contributed by atoms with Gasteiger partial charge in [-0.3, -0.25) is 0 Å². The molecule has 0 radical (unpaired) electrons. The summed E-state index contributed by atoms with van der Waals surface area (Å²) in [5.41, 5.74) is 0. The zero-order valence-electron chi connectivity index (χ0n) is 7.33. The molecule has 3 nitrogen and oxygen atoms in total. The van der Waals surface area contributed by atoms with Gasteiger partial charge < -0.3 is 9.64 Å². The van der Waals surface area contributed by atoms with Crippen LogP contribution in [0.15, 0.2) is 0 Å². The van der Waals surface area contributed by atoms with Gasteiger partial charge in [-0.2, -0.15) is 0 Å². The topological polar surface area (TPSA) is 29.5 Å². The number of hydrogen-bond acceptors (Lipinski definition) is 2. The van der Waals surface area contributed by atoms with Crippen LogP contribution in [0.1, 0.15) is 20.3 Å². The number of ether oxygens (including phenoxy) is 1. The van der Waals surface area contributed by atoms with Crippen LogP contribution in [0.3, 0.4) is 0 Å². The third kappa shape index (κ3) is 1.64. The molecule has 3 heteroatoms. The number of amides is 1. The number of methoxy groups -OCH3 is 1. The summed E-state index contributed by atoms with van der Waals surface area (Å²) in [4.78, 5) is 12.9. The second kappa shape index (κ2) is 3.11. The Morgan fingerprint density at radius 2 is 2.18 bits per heavy atom. The molecule has 0 saturated carbocycles. The molecule has 0 aliphatic carbocycles. The normalized spacial score (nSPS) is 30.6. The lowest BCUT2D eigenvalue weighted by Gasteiger charge is -2.18. The summed E-state index contributed by atoms with van der Waals surface area (Å²) in [7, 11) is 1.43. The zero-order valence-corrected chi connectivity index (χ0v) is 7.33. The summed E-state index contributed by atoms with van der Waals surface area (Å²) in [6.45, 7) is 5.05. The van der Waals surface area contributed by atoms with Crippen LogP contribution in [0.5, 0.6) is 0 Å². The van der Waals surface area contributed by atoms with Crippen LogP contribution >= 0.6 is 0 Å². The standard InChI is InChI=1S/C8H15NO2/c1-6-4-7(2)9(5-6)8(10)11-3/h6-7H,4-5H2,1-3H3/t6-,7-/m0/s1. The van der Waals surface area contributed by atoms with Crippen molar-refractivity contribution in [3.8, 4) is 0 Å². The number of carbonyl (C=O) groups excluding carboxylic acids is 1. The average molecular weight is 157 g/mol. The Hall–Kier alpha value is -0.730. The van der Waals surface area contributed by atoms with E-state index in [1.165, 1.54) is 7.11 Å². The van der Waals surface area contributed by atoms with E-state index in [1.807, 2.05) is 0 Å². The fourth-order valence-corrected chi connectivity index (χ4v) is 1.67. The minimum Gasteiger partial charge on any atom is -0.453 e. The number of likely N-dealkylation sites (tertiary alicyclic amines) is 1. The van der Waals surface area contributed by atoms with Gasteiger partial charge in [0.15, 0.2) is 0 Å². The van der Waals surface area contributed by atoms with E-state index in [-0.39, 0.29) is 6.09 Å². The number of hydrogen-bond donors (Lipinski definition) is 0. The molecule has 1 aliphatic heterocycles. The number of rotatable bonds is 0. The van der Waals surface area contributed by atoms with Crippen molar-refractivity contribution in [3.05, 3.63) is 0 Å². The van der Waals surface area contributed by atoms with E-state index >= 15 is 0 Å². The maximum atomic E-state index is 11.1. The van der Waals surface area contributed by atoms with Crippen molar-refractivity contribution in [2.24, 2.45) is 5.92 Å². The molecule has 1 rings (SSSR count). The first-order valence-corrected chi connectivity index (χ1v) is 3.99. The molecule has 1 amide bonds. The van der Waals surface area contributed by atoms with E-state index in [0.717, 1.165) is 13.0 Å². The fourth-order valence-electron chi connectivity index (χ4n) is 1.67. The molecule has 1 aliphatic rings. The predicted octanol–water partition coefficient (Wildman–Crippen LogP) is 1.48. The van der Waals surface area contributed by atoms with Crippen LogP contribution in [0, 0.1) is 5.92 Å². The van der Waals surface area contributed by atoms with Crippen molar-refractivity contribution in [3.63, 3.8) is 0 Å². The summed E-state index contributed by atoms with van der Waals surface area (Å²) in [6, 6.07) is 0.345. The second-order valence-corrected chi connectivity index (χ2v) is 3.31. The van der Waals surface area contributed by atoms with Crippen LogP contribution in [-0.4, -0.2) is 30.7 Å². The van der Waals surface area contributed by atoms with Gasteiger partial charge in [0.05, 0.1) is 7.11 Å². The summed E-state index contributed by atoms with van der Waals surface area (Å²) < 4.78 is 4.64. The Morgan fingerprint density at radius 1 is 1.55 bits per heavy atom. The summed E-state index contributed by atoms with van der Waals surface area (Å²) in [5, 5.41) is 0. The van der Waals surface area contributed by atoms with E-state index < -0.39 is 0 Å². The second-order valence-electron chi connectivity index (χ2n) is 3.31. The quantitative estimate of drug-likeness (QED) is 0.533. The van der Waals surface area contributed by atoms with Crippen molar-refractivity contribution in [2.75, 3.05) is 13.7 Å². The van der Waals surface area contributed by atoms with Crippen molar-refractivity contribution < 1.29 is 9.53 Å². The molecule has 11 heavy (non-hydrogen) atoms. The molecule has 1 fully saturated rings. The maximum Gasteiger partial charge on any atom is 0.409 e. The first-order chi connectivity index (χ1) is 5.15. The predicted molar refractivity (Wildman–Crippen MR) is 42.4 cm³/mol. The largest absolute Gasteiger partial charge is 0.453 e. The highest BCUT2D eigenvalue weighted by Crippen LogP contribution is 2.22. The summed E-state index contributed by atoms with van der Waals surface area (Å²) in [6.07, 6.45) is 0.900. The Labute approximate surface area is 67.3 Å². The summed E-state index contributed by atoms with van der Waals surface area (Å²) in [5.74, 6) is 0.615. The first kappa shape index (κ1) is 8.37. The minimum atomic E-state index is -0.193. The molecule has 64 valence electrons. The molecule has 1 saturated heterocycles. The van der Waals surface area contributed by atoms with Crippen molar-refractivity contribution in [2.45, 2.75) is 26.3 Å². The van der Waals surface area contributed by atoms with Crippen molar-refractivity contribution >= 4 is 6.09 Å². The lowest BCUT2D eigenvalue weighted by Crippen LogP contribution is -2.33. The molecule has 0 spiro atoms. The molecule has 2 atom stereocenters. The average Bonchev–Trinajstić information content (AvgIpc) is 2.28. The van der Waals surface area contributed by atoms with E-state index in [1.54, 1.807) is 4.90 Å². The van der Waals surface area contributed by atoms with Crippen molar-refractivity contribution in [1.29, 1.82) is 0 Å². The fraction of sp³-hybridized carbons (Fsp3) is 0.875. The third-order valence-electron chi connectivity index (χ3n) is 2.19. The molecule has 0 unspecified atom stereocenters. The smallest absolute Gasteiger partial charge is 0.409 e. The molecule has 1 heterocycles. The van der Waals surface area contributed by atoms with Crippen LogP contribution < -0.4 is 0 Å². The summed E-state index contributed by atoms with van der Waals surface area (Å²) >= 11 is 0. The van der Waals surface area contributed by atoms with E-state index in [4.69, 9.17) is 0 Å². The van der Waals surface area contributed by atoms with E-state index in [9.17, 15) is 4.79 Å². The highest BCUT2D eigenvalue weighted by molar-refractivity contribution is 5.68. The van der Waals surface area contributed by atoms with Gasteiger partial charge in [-0.25, -0.2) is 4.79 Å². The van der Waals surface area contributed by atoms with Crippen LogP contribution in [0.2, 0.25) is 0 Å². The van der Waals surface area contributed by atoms with Gasteiger partial charge in [0.2, 0.25) is 0 Å². The number of carbonyl (C=O) groups is 1. The SMILES string of the molecule is COC(=O)N1C[C@@H](C)C[C@@H]1C. The van der Waals surface area contributed by atoms with Crippen LogP contribution in [0.25, 0.3) is 0 Å². The highest BCUT2D eigenvalue weighted by atomic mass is 16.5. The van der Waals surface area contributed by atoms with Crippen LogP contribution in [0.4, 0.5) is 4.79 Å². The molecular weight excluding hydrogens is 142 g/mol. The Balaban J connectivity index is 2.52. The number of nitrogens with zero attached hydrogens (tertiary/aromatic N) is 1. The molecule has 0 bridgehead atoms. The lowest BCUT2D eigenvalue weighted by molar-refractivity contribution is 0.121. The lowest BCUT2D eigenvalue weighted by atomic mass is 10.1. The molecular formula is C8H15NO2. The van der Waals surface area contributed by atoms with Crippen LogP contribution in [-0.2, 0) is 4.74 Å². The highest BCUT2D eigenvalue weighted by Gasteiger charge is 2.30. The van der Waals surface area contributed by atoms with Crippen molar-refractivity contribution in [1.82, 2.24) is 4.90 Å². The van der Waals surface area contributed by atoms with E-state index in [0.29, 0.717) is 12.0 Å². The van der Waals surface area contributed by atoms with E-state index in [2.05, 4.69) is 18.6 Å². The third-order valence-corrected chi connectivity index (χ3v) is 2.19. The molecule has 0 aromatic heterocycles. The molecule has 0 aromatic rings. The van der Waals surface area contributed by atoms with Gasteiger partial charge >= 0.3 is 6.09 Å². The van der Waals surface area contributed by atoms with Gasteiger partial charge in [-0.1, -0.05) is 6.92 Å². The minimum absolute atomic E-state index is 0.193. The Kier molecular flexibility index (Phi) is 2.37. The zero-order chi connectivity index (χ0) is 8.43. The van der Waals surface area contributed by atoms with Gasteiger partial charge in [0.25, 0.3) is 0 Å². The molecule has 0 N–H and O–H groups in total. The Bertz CT molecular complexity index is 158. The Morgan fingerprint density at radius 3 is 2.55 bits per heavy atom. The van der Waals surface area contributed by atoms with Gasteiger partial charge in [-0.05, 0) is 19.3 Å². The first-order valence-electron chi connectivity index (χ1n) is 3.99. The monoisotopic (exact) mass is 157 g/mol. The van der Waals surface area contributed by atoms with Gasteiger partial charge in [-0.15, -0.1) is 0 Å². The maximum absolute atomic E-state index is 11.1.